The van der Waals surface area contributed by atoms with Crippen LogP contribution >= 0.6 is 27.5 Å². The highest BCUT2D eigenvalue weighted by atomic mass is 79.9. The van der Waals surface area contributed by atoms with Gasteiger partial charge in [0.1, 0.15) is 18.2 Å². The third-order valence-corrected chi connectivity index (χ3v) is 4.05. The van der Waals surface area contributed by atoms with Gasteiger partial charge in [0.15, 0.2) is 0 Å². The SMILES string of the molecule is CC(N)Cc1cc(OCc2cccc(Cl)c2F)ccc1Br. The Hall–Kier alpha value is -1.10. The van der Waals surface area contributed by atoms with Gasteiger partial charge in [-0.3, -0.25) is 0 Å². The molecule has 0 bridgehead atoms. The molecule has 0 aliphatic carbocycles. The Balaban J connectivity index is 2.11. The van der Waals surface area contributed by atoms with Crippen LogP contribution in [0.1, 0.15) is 18.1 Å². The molecule has 2 N–H and O–H groups in total. The zero-order valence-electron chi connectivity index (χ0n) is 11.6. The minimum absolute atomic E-state index is 0.0573. The van der Waals surface area contributed by atoms with E-state index < -0.39 is 5.82 Å². The number of nitrogens with two attached hydrogens (primary N) is 1. The highest BCUT2D eigenvalue weighted by Gasteiger charge is 2.08. The molecule has 0 aliphatic heterocycles. The van der Waals surface area contributed by atoms with Crippen LogP contribution in [0.4, 0.5) is 4.39 Å². The Morgan fingerprint density at radius 3 is 2.76 bits per heavy atom. The van der Waals surface area contributed by atoms with Gasteiger partial charge in [-0.15, -0.1) is 0 Å². The molecule has 1 unspecified atom stereocenters. The number of hydrogen-bond donors (Lipinski definition) is 1. The van der Waals surface area contributed by atoms with E-state index in [1.807, 2.05) is 25.1 Å². The molecule has 0 heterocycles. The fraction of sp³-hybridized carbons (Fsp3) is 0.250. The third-order valence-electron chi connectivity index (χ3n) is 2.98. The first-order chi connectivity index (χ1) is 9.97. The van der Waals surface area contributed by atoms with Crippen molar-refractivity contribution in [2.24, 2.45) is 5.73 Å². The monoisotopic (exact) mass is 371 g/mol. The lowest BCUT2D eigenvalue weighted by atomic mass is 10.1. The summed E-state index contributed by atoms with van der Waals surface area (Å²) < 4.78 is 20.4. The van der Waals surface area contributed by atoms with Gasteiger partial charge in [-0.25, -0.2) is 4.39 Å². The van der Waals surface area contributed by atoms with Gasteiger partial charge in [-0.1, -0.05) is 39.7 Å². The highest BCUT2D eigenvalue weighted by Crippen LogP contribution is 2.25. The molecule has 2 rings (SSSR count). The highest BCUT2D eigenvalue weighted by molar-refractivity contribution is 9.10. The summed E-state index contributed by atoms with van der Waals surface area (Å²) in [7, 11) is 0. The molecule has 0 saturated heterocycles. The summed E-state index contributed by atoms with van der Waals surface area (Å²) in [5, 5.41) is 0.101. The van der Waals surface area contributed by atoms with Crippen molar-refractivity contribution in [3.63, 3.8) is 0 Å². The molecule has 0 saturated carbocycles. The summed E-state index contributed by atoms with van der Waals surface area (Å²) in [5.74, 6) is 0.236. The van der Waals surface area contributed by atoms with Gasteiger partial charge >= 0.3 is 0 Å². The van der Waals surface area contributed by atoms with Crippen molar-refractivity contribution in [3.05, 3.63) is 62.8 Å². The van der Waals surface area contributed by atoms with Crippen LogP contribution in [0.2, 0.25) is 5.02 Å². The molecule has 0 fully saturated rings. The lowest BCUT2D eigenvalue weighted by Gasteiger charge is -2.12. The van der Waals surface area contributed by atoms with Gasteiger partial charge in [-0.05, 0) is 43.2 Å². The Morgan fingerprint density at radius 2 is 2.05 bits per heavy atom. The molecule has 2 aromatic carbocycles. The summed E-state index contributed by atoms with van der Waals surface area (Å²) in [6.07, 6.45) is 0.739. The molecule has 0 radical (unpaired) electrons. The zero-order valence-corrected chi connectivity index (χ0v) is 13.9. The minimum Gasteiger partial charge on any atom is -0.489 e. The maximum Gasteiger partial charge on any atom is 0.148 e. The Morgan fingerprint density at radius 1 is 1.29 bits per heavy atom. The normalized spacial score (nSPS) is 12.2. The molecule has 0 aliphatic rings. The van der Waals surface area contributed by atoms with Crippen LogP contribution in [-0.2, 0) is 13.0 Å². The van der Waals surface area contributed by atoms with E-state index in [2.05, 4.69) is 15.9 Å². The first-order valence-electron chi connectivity index (χ1n) is 6.57. The van der Waals surface area contributed by atoms with E-state index in [0.29, 0.717) is 11.3 Å². The molecule has 0 spiro atoms. The second-order valence-corrected chi connectivity index (χ2v) is 6.20. The van der Waals surface area contributed by atoms with Crippen molar-refractivity contribution in [3.8, 4) is 5.75 Å². The lowest BCUT2D eigenvalue weighted by Crippen LogP contribution is -2.18. The Kier molecular flexibility index (Phi) is 5.62. The molecule has 21 heavy (non-hydrogen) atoms. The quantitative estimate of drug-likeness (QED) is 0.825. The molecule has 112 valence electrons. The molecule has 0 amide bonds. The van der Waals surface area contributed by atoms with Crippen LogP contribution in [0.3, 0.4) is 0 Å². The number of rotatable bonds is 5. The first-order valence-corrected chi connectivity index (χ1v) is 7.74. The topological polar surface area (TPSA) is 35.2 Å². The molecule has 1 atom stereocenters. The van der Waals surface area contributed by atoms with Gasteiger partial charge in [0.05, 0.1) is 5.02 Å². The van der Waals surface area contributed by atoms with Crippen molar-refractivity contribution >= 4 is 27.5 Å². The largest absolute Gasteiger partial charge is 0.489 e. The van der Waals surface area contributed by atoms with Crippen LogP contribution in [0.25, 0.3) is 0 Å². The van der Waals surface area contributed by atoms with Crippen LogP contribution in [0.15, 0.2) is 40.9 Å². The maximum atomic E-state index is 13.8. The molecule has 0 aromatic heterocycles. The van der Waals surface area contributed by atoms with Gasteiger partial charge in [0, 0.05) is 16.1 Å². The van der Waals surface area contributed by atoms with Crippen molar-refractivity contribution in [2.75, 3.05) is 0 Å². The predicted molar refractivity (Wildman–Crippen MR) is 87.2 cm³/mol. The van der Waals surface area contributed by atoms with Crippen molar-refractivity contribution in [1.29, 1.82) is 0 Å². The van der Waals surface area contributed by atoms with E-state index in [1.54, 1.807) is 12.1 Å². The molecule has 5 heteroatoms. The standard InChI is InChI=1S/C16H16BrClFNO/c1-10(20)7-12-8-13(5-6-14(12)17)21-9-11-3-2-4-15(18)16(11)19/h2-6,8,10H,7,9,20H2,1H3. The predicted octanol–water partition coefficient (Wildman–Crippen LogP) is 4.71. The van der Waals surface area contributed by atoms with Crippen LogP contribution in [-0.4, -0.2) is 6.04 Å². The summed E-state index contributed by atoms with van der Waals surface area (Å²) in [6.45, 7) is 2.08. The number of benzene rings is 2. The van der Waals surface area contributed by atoms with Crippen LogP contribution < -0.4 is 10.5 Å². The van der Waals surface area contributed by atoms with E-state index in [4.69, 9.17) is 22.1 Å². The summed E-state index contributed by atoms with van der Waals surface area (Å²) in [6, 6.07) is 10.6. The van der Waals surface area contributed by atoms with Crippen LogP contribution in [0, 0.1) is 5.82 Å². The molecule has 2 nitrogen and oxygen atoms in total. The van der Waals surface area contributed by atoms with Crippen molar-refractivity contribution < 1.29 is 9.13 Å². The van der Waals surface area contributed by atoms with Gasteiger partial charge < -0.3 is 10.5 Å². The van der Waals surface area contributed by atoms with Gasteiger partial charge in [-0.2, -0.15) is 0 Å². The van der Waals surface area contributed by atoms with E-state index in [0.717, 1.165) is 16.5 Å². The average molecular weight is 373 g/mol. The van der Waals surface area contributed by atoms with Crippen molar-refractivity contribution in [2.45, 2.75) is 26.0 Å². The summed E-state index contributed by atoms with van der Waals surface area (Å²) >= 11 is 9.24. The molecule has 2 aromatic rings. The fourth-order valence-electron chi connectivity index (χ4n) is 1.97. The van der Waals surface area contributed by atoms with E-state index >= 15 is 0 Å². The maximum absolute atomic E-state index is 13.8. The van der Waals surface area contributed by atoms with Crippen molar-refractivity contribution in [1.82, 2.24) is 0 Å². The lowest BCUT2D eigenvalue weighted by molar-refractivity contribution is 0.299. The van der Waals surface area contributed by atoms with E-state index in [9.17, 15) is 4.39 Å². The van der Waals surface area contributed by atoms with E-state index in [-0.39, 0.29) is 17.7 Å². The van der Waals surface area contributed by atoms with Crippen LogP contribution in [0.5, 0.6) is 5.75 Å². The number of ether oxygens (including phenoxy) is 1. The summed E-state index contributed by atoms with van der Waals surface area (Å²) in [4.78, 5) is 0. The second kappa shape index (κ2) is 7.25. The number of halogens is 3. The number of hydrogen-bond acceptors (Lipinski definition) is 2. The smallest absolute Gasteiger partial charge is 0.148 e. The zero-order chi connectivity index (χ0) is 15.4. The summed E-state index contributed by atoms with van der Waals surface area (Å²) in [5.41, 5.74) is 7.31. The Labute approximate surface area is 137 Å². The Bertz CT molecular complexity index is 634. The molecular weight excluding hydrogens is 357 g/mol. The van der Waals surface area contributed by atoms with Gasteiger partial charge in [0.2, 0.25) is 0 Å². The second-order valence-electron chi connectivity index (χ2n) is 4.94. The van der Waals surface area contributed by atoms with E-state index in [1.165, 1.54) is 6.07 Å². The minimum atomic E-state index is -0.438. The average Bonchev–Trinajstić information content (AvgIpc) is 2.43. The molecular formula is C16H16BrClFNO. The third kappa shape index (κ3) is 4.43. The van der Waals surface area contributed by atoms with Gasteiger partial charge in [0.25, 0.3) is 0 Å². The first kappa shape index (κ1) is 16.3. The fourth-order valence-corrected chi connectivity index (χ4v) is 2.57.